The topological polar surface area (TPSA) is 77.5 Å². The molecule has 2 aromatic heterocycles. The van der Waals surface area contributed by atoms with Crippen molar-refractivity contribution in [3.8, 4) is 11.5 Å². The minimum Gasteiger partial charge on any atom is -0.461 e. The number of nitrogens with zero attached hydrogens (tertiary/aromatic N) is 1. The molecular weight excluding hydrogens is 320 g/mol. The highest BCUT2D eigenvalue weighted by molar-refractivity contribution is 5.93. The number of hydrogen-bond donors (Lipinski definition) is 1. The van der Waals surface area contributed by atoms with E-state index in [1.165, 1.54) is 17.4 Å². The number of aromatic nitrogens is 1. The zero-order valence-electron chi connectivity index (χ0n) is 13.8. The number of methoxy groups -OCH3 is 1. The predicted octanol–water partition coefficient (Wildman–Crippen LogP) is 2.85. The van der Waals surface area contributed by atoms with E-state index in [4.69, 9.17) is 13.7 Å². The van der Waals surface area contributed by atoms with E-state index in [-0.39, 0.29) is 11.6 Å². The zero-order chi connectivity index (χ0) is 17.3. The first-order chi connectivity index (χ1) is 12.2. The summed E-state index contributed by atoms with van der Waals surface area (Å²) in [4.78, 5) is 12.4. The van der Waals surface area contributed by atoms with Gasteiger partial charge in [-0.05, 0) is 23.3 Å². The fourth-order valence-electron chi connectivity index (χ4n) is 3.25. The maximum absolute atomic E-state index is 12.4. The Morgan fingerprint density at radius 1 is 1.20 bits per heavy atom. The quantitative estimate of drug-likeness (QED) is 0.774. The molecule has 0 fully saturated rings. The van der Waals surface area contributed by atoms with Gasteiger partial charge in [0.1, 0.15) is 0 Å². The third-order valence-corrected chi connectivity index (χ3v) is 4.65. The van der Waals surface area contributed by atoms with Crippen LogP contribution in [0.15, 0.2) is 57.7 Å². The smallest absolute Gasteiger partial charge is 0.273 e. The second kappa shape index (κ2) is 6.22. The lowest BCUT2D eigenvalue weighted by Crippen LogP contribution is -2.45. The summed E-state index contributed by atoms with van der Waals surface area (Å²) in [6.07, 6.45) is 3.09. The Hall–Kier alpha value is -2.86. The molecule has 0 bridgehead atoms. The molecule has 0 atom stereocenters. The summed E-state index contributed by atoms with van der Waals surface area (Å²) in [7, 11) is 1.68. The highest BCUT2D eigenvalue weighted by atomic mass is 16.5. The molecule has 1 aliphatic rings. The first-order valence-electron chi connectivity index (χ1n) is 8.10. The highest BCUT2D eigenvalue weighted by Gasteiger charge is 2.37. The summed E-state index contributed by atoms with van der Waals surface area (Å²) in [6, 6.07) is 13.3. The first-order valence-corrected chi connectivity index (χ1v) is 8.10. The van der Waals surface area contributed by atoms with Crippen LogP contribution in [-0.4, -0.2) is 30.3 Å². The van der Waals surface area contributed by atoms with Crippen LogP contribution >= 0.6 is 0 Å². The average molecular weight is 338 g/mol. The second-order valence-corrected chi connectivity index (χ2v) is 6.25. The molecule has 6 heteroatoms. The van der Waals surface area contributed by atoms with Gasteiger partial charge in [-0.1, -0.05) is 29.4 Å². The molecule has 1 aromatic carbocycles. The van der Waals surface area contributed by atoms with E-state index in [0.717, 1.165) is 12.8 Å². The number of carbonyl (C=O) groups is 1. The van der Waals surface area contributed by atoms with E-state index in [1.54, 1.807) is 25.3 Å². The van der Waals surface area contributed by atoms with Crippen LogP contribution in [0.5, 0.6) is 0 Å². The Morgan fingerprint density at radius 2 is 1.96 bits per heavy atom. The lowest BCUT2D eigenvalue weighted by atomic mass is 10.00. The molecule has 0 unspecified atom stereocenters. The number of ether oxygens (including phenoxy) is 1. The summed E-state index contributed by atoms with van der Waals surface area (Å²) in [5.41, 5.74) is 2.32. The van der Waals surface area contributed by atoms with Gasteiger partial charge in [0.05, 0.1) is 11.9 Å². The zero-order valence-corrected chi connectivity index (χ0v) is 13.8. The van der Waals surface area contributed by atoms with Gasteiger partial charge in [0.15, 0.2) is 11.5 Å². The van der Waals surface area contributed by atoms with Crippen LogP contribution in [0.4, 0.5) is 0 Å². The van der Waals surface area contributed by atoms with E-state index >= 15 is 0 Å². The number of amides is 1. The fraction of sp³-hybridized carbons (Fsp3) is 0.263. The predicted molar refractivity (Wildman–Crippen MR) is 90.1 cm³/mol. The van der Waals surface area contributed by atoms with Crippen molar-refractivity contribution >= 4 is 5.91 Å². The molecule has 2 heterocycles. The molecule has 1 aliphatic carbocycles. The van der Waals surface area contributed by atoms with Crippen molar-refractivity contribution in [3.05, 3.63) is 65.5 Å². The van der Waals surface area contributed by atoms with Crippen molar-refractivity contribution in [3.63, 3.8) is 0 Å². The lowest BCUT2D eigenvalue weighted by molar-refractivity contribution is 0.000110. The molecule has 1 N–H and O–H groups in total. The average Bonchev–Trinajstić information content (AvgIpc) is 3.38. The molecule has 3 aromatic rings. The lowest BCUT2D eigenvalue weighted by Gasteiger charge is -2.27. The summed E-state index contributed by atoms with van der Waals surface area (Å²) >= 11 is 0. The molecule has 0 aliphatic heterocycles. The molecule has 6 nitrogen and oxygen atoms in total. The Labute approximate surface area is 144 Å². The Morgan fingerprint density at radius 3 is 2.60 bits per heavy atom. The van der Waals surface area contributed by atoms with E-state index in [9.17, 15) is 4.79 Å². The van der Waals surface area contributed by atoms with Crippen molar-refractivity contribution in [2.45, 2.75) is 18.4 Å². The largest absolute Gasteiger partial charge is 0.461 e. The van der Waals surface area contributed by atoms with Gasteiger partial charge < -0.3 is 19.0 Å². The number of nitrogens with one attached hydrogen (secondary N) is 1. The minimum absolute atomic E-state index is 0.216. The van der Waals surface area contributed by atoms with Crippen molar-refractivity contribution in [2.75, 3.05) is 13.7 Å². The number of furan rings is 1. The van der Waals surface area contributed by atoms with Crippen LogP contribution < -0.4 is 5.32 Å². The third kappa shape index (κ3) is 2.96. The van der Waals surface area contributed by atoms with Crippen molar-refractivity contribution in [1.29, 1.82) is 0 Å². The van der Waals surface area contributed by atoms with Crippen LogP contribution in [0.25, 0.3) is 11.5 Å². The van der Waals surface area contributed by atoms with Gasteiger partial charge in [0.2, 0.25) is 5.76 Å². The van der Waals surface area contributed by atoms with Crippen LogP contribution in [0.1, 0.15) is 21.6 Å². The number of hydrogen-bond acceptors (Lipinski definition) is 5. The highest BCUT2D eigenvalue weighted by Crippen LogP contribution is 2.32. The minimum atomic E-state index is -0.424. The van der Waals surface area contributed by atoms with Gasteiger partial charge in [0.25, 0.3) is 5.91 Å². The number of benzene rings is 1. The van der Waals surface area contributed by atoms with Crippen molar-refractivity contribution < 1.29 is 18.5 Å². The van der Waals surface area contributed by atoms with Crippen LogP contribution in [0.2, 0.25) is 0 Å². The molecule has 4 rings (SSSR count). The number of rotatable bonds is 5. The summed E-state index contributed by atoms with van der Waals surface area (Å²) < 4.78 is 16.2. The first kappa shape index (κ1) is 15.7. The van der Waals surface area contributed by atoms with Crippen LogP contribution in [-0.2, 0) is 17.6 Å². The van der Waals surface area contributed by atoms with E-state index in [1.807, 2.05) is 12.1 Å². The number of fused-ring (bicyclic) bond motifs is 1. The fourth-order valence-corrected chi connectivity index (χ4v) is 3.25. The van der Waals surface area contributed by atoms with Gasteiger partial charge >= 0.3 is 0 Å². The maximum Gasteiger partial charge on any atom is 0.273 e. The molecule has 128 valence electrons. The van der Waals surface area contributed by atoms with Crippen LogP contribution in [0, 0.1) is 0 Å². The Kier molecular flexibility index (Phi) is 3.89. The second-order valence-electron chi connectivity index (χ2n) is 6.25. The molecule has 0 radical (unpaired) electrons. The third-order valence-electron chi connectivity index (χ3n) is 4.65. The Balaban J connectivity index is 1.43. The van der Waals surface area contributed by atoms with Gasteiger partial charge in [-0.3, -0.25) is 4.79 Å². The SMILES string of the molecule is COC1(CNC(=O)c2cc(-c3ccco3)on2)Cc2ccccc2C1. The molecule has 1 amide bonds. The summed E-state index contributed by atoms with van der Waals surface area (Å²) in [5, 5.41) is 6.73. The normalized spacial score (nSPS) is 15.1. The van der Waals surface area contributed by atoms with Gasteiger partial charge in [-0.25, -0.2) is 0 Å². The van der Waals surface area contributed by atoms with Crippen molar-refractivity contribution in [1.82, 2.24) is 10.5 Å². The summed E-state index contributed by atoms with van der Waals surface area (Å²) in [5.74, 6) is 0.657. The van der Waals surface area contributed by atoms with E-state index < -0.39 is 5.60 Å². The molecule has 0 saturated carbocycles. The maximum atomic E-state index is 12.4. The monoisotopic (exact) mass is 338 g/mol. The summed E-state index contributed by atoms with van der Waals surface area (Å²) in [6.45, 7) is 0.403. The number of carbonyl (C=O) groups excluding carboxylic acids is 1. The van der Waals surface area contributed by atoms with Gasteiger partial charge in [-0.2, -0.15) is 0 Å². The molecular formula is C19H18N2O4. The Bertz CT molecular complexity index is 857. The van der Waals surface area contributed by atoms with E-state index in [0.29, 0.717) is 18.1 Å². The van der Waals surface area contributed by atoms with Crippen LogP contribution in [0.3, 0.4) is 0 Å². The molecule has 0 saturated heterocycles. The standard InChI is InChI=1S/C19H18N2O4/c1-23-19(10-13-5-2-3-6-14(13)11-19)12-20-18(22)15-9-17(25-21-15)16-7-4-8-24-16/h2-9H,10-12H2,1H3,(H,20,22). The van der Waals surface area contributed by atoms with Gasteiger partial charge in [-0.15, -0.1) is 0 Å². The molecule has 0 spiro atoms. The van der Waals surface area contributed by atoms with Crippen molar-refractivity contribution in [2.24, 2.45) is 0 Å². The van der Waals surface area contributed by atoms with Gasteiger partial charge in [0, 0.05) is 32.6 Å². The molecule has 25 heavy (non-hydrogen) atoms. The van der Waals surface area contributed by atoms with E-state index in [2.05, 4.69) is 22.6 Å².